The minimum Gasteiger partial charge on any atom is -0.492 e. The molecule has 0 heterocycles. The van der Waals surface area contributed by atoms with Crippen LogP contribution in [0.25, 0.3) is 21.5 Å². The molecule has 8 nitrogen and oxygen atoms in total. The van der Waals surface area contributed by atoms with Crippen LogP contribution in [0.4, 0.5) is 0 Å². The highest BCUT2D eigenvalue weighted by Crippen LogP contribution is 2.64. The first kappa shape index (κ1) is 36.3. The number of benzene rings is 6. The fraction of sp³-hybridized carbons (Fsp3) is 0.277. The molecule has 2 aliphatic carbocycles. The standard InChI is InChI=1S/C47H48N4O4/c1-30-14-17-35(54-24-22-48)27-39(30)44(52)50-46(20-21-46)41-12-7-10-33-26-34(16-19-38(33)41)43-29-47(43,42-13-6-9-32-8-4-5-11-37(32)42)51(3)45(53)40-28-36(55-25-23-49)18-15-31(40)2/h4-19,26-28,43H,20-25,29,48-49H2,1-3H3,(H,50,52). The van der Waals surface area contributed by atoms with Crippen LogP contribution in [0, 0.1) is 13.8 Å². The number of amides is 2. The third kappa shape index (κ3) is 6.59. The first-order valence-electron chi connectivity index (χ1n) is 19.2. The average molecular weight is 733 g/mol. The molecule has 280 valence electrons. The van der Waals surface area contributed by atoms with Gasteiger partial charge in [0.15, 0.2) is 0 Å². The highest BCUT2D eigenvalue weighted by molar-refractivity contribution is 5.99. The normalized spacial score (nSPS) is 18.2. The molecule has 0 radical (unpaired) electrons. The van der Waals surface area contributed by atoms with Gasteiger partial charge in [0, 0.05) is 37.2 Å². The Morgan fingerprint density at radius 3 is 2.00 bits per heavy atom. The summed E-state index contributed by atoms with van der Waals surface area (Å²) in [5.41, 5.74) is 16.8. The summed E-state index contributed by atoms with van der Waals surface area (Å²) < 4.78 is 11.6. The van der Waals surface area contributed by atoms with Crippen molar-refractivity contribution in [1.29, 1.82) is 0 Å². The van der Waals surface area contributed by atoms with Gasteiger partial charge in [0.2, 0.25) is 0 Å². The lowest BCUT2D eigenvalue weighted by Gasteiger charge is -2.32. The summed E-state index contributed by atoms with van der Waals surface area (Å²) in [5, 5.41) is 7.91. The van der Waals surface area contributed by atoms with Gasteiger partial charge in [-0.3, -0.25) is 9.59 Å². The van der Waals surface area contributed by atoms with Gasteiger partial charge in [-0.25, -0.2) is 0 Å². The summed E-state index contributed by atoms with van der Waals surface area (Å²) >= 11 is 0. The number of hydrogen-bond donors (Lipinski definition) is 3. The molecule has 0 aliphatic heterocycles. The van der Waals surface area contributed by atoms with Crippen LogP contribution in [0.3, 0.4) is 0 Å². The highest BCUT2D eigenvalue weighted by atomic mass is 16.5. The lowest BCUT2D eigenvalue weighted by molar-refractivity contribution is 0.0698. The molecule has 2 unspecified atom stereocenters. The number of hydrogen-bond acceptors (Lipinski definition) is 6. The number of carbonyl (C=O) groups excluding carboxylic acids is 2. The molecule has 5 N–H and O–H groups in total. The molecular formula is C47H48N4O4. The van der Waals surface area contributed by atoms with Gasteiger partial charge in [-0.1, -0.05) is 91.0 Å². The first-order valence-corrected chi connectivity index (χ1v) is 19.2. The fourth-order valence-electron chi connectivity index (χ4n) is 8.48. The topological polar surface area (TPSA) is 120 Å². The third-order valence-electron chi connectivity index (χ3n) is 11.7. The van der Waals surface area contributed by atoms with Crippen LogP contribution < -0.4 is 26.3 Å². The van der Waals surface area contributed by atoms with Gasteiger partial charge in [-0.2, -0.15) is 0 Å². The van der Waals surface area contributed by atoms with Crippen molar-refractivity contribution in [2.45, 2.75) is 50.1 Å². The second kappa shape index (κ2) is 14.5. The molecule has 8 heteroatoms. The number of nitrogens with two attached hydrogens (primary N) is 2. The smallest absolute Gasteiger partial charge is 0.254 e. The lowest BCUT2D eigenvalue weighted by Crippen LogP contribution is -2.39. The van der Waals surface area contributed by atoms with Crippen LogP contribution in [-0.4, -0.2) is 50.1 Å². The van der Waals surface area contributed by atoms with Gasteiger partial charge >= 0.3 is 0 Å². The molecule has 0 bridgehead atoms. The van der Waals surface area contributed by atoms with E-state index in [9.17, 15) is 9.59 Å². The Hall–Kier alpha value is -5.70. The first-order chi connectivity index (χ1) is 26.7. The van der Waals surface area contributed by atoms with Crippen molar-refractivity contribution in [1.82, 2.24) is 10.2 Å². The van der Waals surface area contributed by atoms with Crippen LogP contribution in [0.1, 0.15) is 73.7 Å². The Morgan fingerprint density at radius 2 is 1.31 bits per heavy atom. The molecule has 2 amide bonds. The third-order valence-corrected chi connectivity index (χ3v) is 11.7. The van der Waals surface area contributed by atoms with E-state index in [1.54, 1.807) is 6.07 Å². The number of nitrogens with zero attached hydrogens (tertiary/aromatic N) is 1. The van der Waals surface area contributed by atoms with Crippen molar-refractivity contribution in [3.8, 4) is 11.5 Å². The zero-order valence-corrected chi connectivity index (χ0v) is 31.7. The van der Waals surface area contributed by atoms with E-state index in [0.717, 1.165) is 63.1 Å². The average Bonchev–Trinajstić information content (AvgIpc) is 4.15. The monoisotopic (exact) mass is 732 g/mol. The summed E-state index contributed by atoms with van der Waals surface area (Å²) in [6.45, 7) is 5.48. The van der Waals surface area contributed by atoms with Crippen molar-refractivity contribution >= 4 is 33.4 Å². The molecule has 6 aromatic rings. The summed E-state index contributed by atoms with van der Waals surface area (Å²) in [4.78, 5) is 30.4. The van der Waals surface area contributed by atoms with Gasteiger partial charge in [-0.05, 0) is 107 Å². The molecule has 2 saturated carbocycles. The number of likely N-dealkylation sites (N-methyl/N-ethyl adjacent to an activating group) is 1. The van der Waals surface area contributed by atoms with Gasteiger partial charge in [0.05, 0.1) is 11.1 Å². The van der Waals surface area contributed by atoms with Crippen LogP contribution >= 0.6 is 0 Å². The van der Waals surface area contributed by atoms with Crippen LogP contribution in [0.15, 0.2) is 115 Å². The van der Waals surface area contributed by atoms with E-state index in [0.29, 0.717) is 48.9 Å². The summed E-state index contributed by atoms with van der Waals surface area (Å²) in [6.07, 6.45) is 2.50. The van der Waals surface area contributed by atoms with Gasteiger partial charge in [-0.15, -0.1) is 0 Å². The maximum Gasteiger partial charge on any atom is 0.254 e. The minimum absolute atomic E-state index is 0.0488. The number of nitrogens with one attached hydrogen (secondary N) is 1. The van der Waals surface area contributed by atoms with E-state index in [2.05, 4.69) is 84.2 Å². The van der Waals surface area contributed by atoms with Gasteiger partial charge in [0.1, 0.15) is 24.7 Å². The number of fused-ring (bicyclic) bond motifs is 2. The van der Waals surface area contributed by atoms with Crippen LogP contribution in [0.5, 0.6) is 11.5 Å². The highest BCUT2D eigenvalue weighted by Gasteiger charge is 2.61. The summed E-state index contributed by atoms with van der Waals surface area (Å²) in [5.74, 6) is 1.17. The van der Waals surface area contributed by atoms with Crippen molar-refractivity contribution in [2.24, 2.45) is 11.5 Å². The number of rotatable bonds is 13. The quantitative estimate of drug-likeness (QED) is 0.111. The maximum absolute atomic E-state index is 14.6. The minimum atomic E-state index is -0.574. The van der Waals surface area contributed by atoms with Crippen molar-refractivity contribution in [2.75, 3.05) is 33.4 Å². The van der Waals surface area contributed by atoms with E-state index < -0.39 is 11.1 Å². The van der Waals surface area contributed by atoms with E-state index >= 15 is 0 Å². The second-order valence-electron chi connectivity index (χ2n) is 15.1. The Morgan fingerprint density at radius 1 is 0.709 bits per heavy atom. The molecule has 6 aromatic carbocycles. The van der Waals surface area contributed by atoms with E-state index in [1.165, 1.54) is 5.56 Å². The molecule has 2 aliphatic rings. The van der Waals surface area contributed by atoms with Crippen molar-refractivity contribution in [3.63, 3.8) is 0 Å². The maximum atomic E-state index is 14.6. The molecule has 8 rings (SSSR count). The van der Waals surface area contributed by atoms with E-state index in [4.69, 9.17) is 20.9 Å². The SMILES string of the molecule is Cc1ccc(OCCN)cc1C(=O)NC1(c2cccc3cc(C4CC4(c4cccc5ccccc45)N(C)C(=O)c4cc(OCCN)ccc4C)ccc23)CC1. The van der Waals surface area contributed by atoms with E-state index in [-0.39, 0.29) is 17.7 Å². The fourth-order valence-corrected chi connectivity index (χ4v) is 8.48. The van der Waals surface area contributed by atoms with Crippen LogP contribution in [0.2, 0.25) is 0 Å². The number of carbonyl (C=O) groups is 2. The predicted molar refractivity (Wildman–Crippen MR) is 219 cm³/mol. The Bertz CT molecular complexity index is 2430. The molecule has 2 fully saturated rings. The van der Waals surface area contributed by atoms with Crippen LogP contribution in [-0.2, 0) is 11.1 Å². The molecule has 0 saturated heterocycles. The predicted octanol–water partition coefficient (Wildman–Crippen LogP) is 7.86. The second-order valence-corrected chi connectivity index (χ2v) is 15.1. The number of ether oxygens (including phenoxy) is 2. The summed E-state index contributed by atoms with van der Waals surface area (Å²) in [7, 11) is 1.94. The van der Waals surface area contributed by atoms with E-state index in [1.807, 2.05) is 56.1 Å². The molecule has 0 aromatic heterocycles. The van der Waals surface area contributed by atoms with Crippen molar-refractivity contribution < 1.29 is 19.1 Å². The largest absolute Gasteiger partial charge is 0.492 e. The lowest BCUT2D eigenvalue weighted by atomic mass is 9.90. The van der Waals surface area contributed by atoms with Gasteiger partial charge in [0.25, 0.3) is 11.8 Å². The van der Waals surface area contributed by atoms with Crippen molar-refractivity contribution in [3.05, 3.63) is 154 Å². The Kier molecular flexibility index (Phi) is 9.57. The molecule has 0 spiro atoms. The van der Waals surface area contributed by atoms with Gasteiger partial charge < -0.3 is 31.2 Å². The molecule has 2 atom stereocenters. The molecular weight excluding hydrogens is 685 g/mol. The Labute approximate surface area is 322 Å². The number of aryl methyl sites for hydroxylation is 2. The Balaban J connectivity index is 1.14. The molecule has 55 heavy (non-hydrogen) atoms. The zero-order valence-electron chi connectivity index (χ0n) is 31.7. The zero-order chi connectivity index (χ0) is 38.3. The summed E-state index contributed by atoms with van der Waals surface area (Å²) in [6, 6.07) is 39.2.